The zero-order valence-electron chi connectivity index (χ0n) is 15.4. The van der Waals surface area contributed by atoms with Crippen molar-refractivity contribution in [1.82, 2.24) is 0 Å². The van der Waals surface area contributed by atoms with Crippen LogP contribution in [0.15, 0.2) is 23.8 Å². The van der Waals surface area contributed by atoms with Crippen LogP contribution in [-0.2, 0) is 20.7 Å². The van der Waals surface area contributed by atoms with E-state index in [4.69, 9.17) is 14.2 Å². The van der Waals surface area contributed by atoms with Crippen LogP contribution in [-0.4, -0.2) is 31.9 Å². The van der Waals surface area contributed by atoms with E-state index in [1.54, 1.807) is 7.11 Å². The fraction of sp³-hybridized carbons (Fsp3) is 0.591. The Kier molecular flexibility index (Phi) is 3.94. The molecule has 2 unspecified atom stereocenters. The number of methoxy groups -OCH3 is 1. The minimum absolute atomic E-state index is 0.0131. The zero-order chi connectivity index (χ0) is 17.7. The standard InChI is InChI=1S/C22H26O4/c1-24-15-4-6-16-14(13-15)3-5-18-17(16)7-8-19-21(18)20(23)9-10-22(19)25-11-2-12-26-22/h4,6,13,19,21H,2-3,5,7-12H2,1H3. The first kappa shape index (κ1) is 16.5. The van der Waals surface area contributed by atoms with E-state index in [1.165, 1.54) is 22.3 Å². The van der Waals surface area contributed by atoms with Gasteiger partial charge in [-0.2, -0.15) is 0 Å². The van der Waals surface area contributed by atoms with Gasteiger partial charge in [0.1, 0.15) is 11.5 Å². The first-order valence-corrected chi connectivity index (χ1v) is 9.92. The van der Waals surface area contributed by atoms with Gasteiger partial charge in [0.05, 0.1) is 20.3 Å². The minimum Gasteiger partial charge on any atom is -0.497 e. The quantitative estimate of drug-likeness (QED) is 0.767. The van der Waals surface area contributed by atoms with Crippen molar-refractivity contribution in [2.24, 2.45) is 11.8 Å². The number of aryl methyl sites for hydroxylation is 1. The molecule has 0 amide bonds. The summed E-state index contributed by atoms with van der Waals surface area (Å²) in [5.41, 5.74) is 5.44. The third kappa shape index (κ3) is 2.39. The van der Waals surface area contributed by atoms with E-state index in [2.05, 4.69) is 12.1 Å². The molecule has 1 aliphatic heterocycles. The first-order chi connectivity index (χ1) is 12.7. The van der Waals surface area contributed by atoms with Crippen LogP contribution in [0.5, 0.6) is 5.75 Å². The van der Waals surface area contributed by atoms with Crippen LogP contribution in [0.4, 0.5) is 0 Å². The smallest absolute Gasteiger partial charge is 0.172 e. The fourth-order valence-corrected chi connectivity index (χ4v) is 5.62. The van der Waals surface area contributed by atoms with Crippen molar-refractivity contribution < 1.29 is 19.0 Å². The zero-order valence-corrected chi connectivity index (χ0v) is 15.4. The Morgan fingerprint density at radius 2 is 1.96 bits per heavy atom. The molecule has 0 N–H and O–H groups in total. The number of Topliss-reactive ketones (excluding diaryl/α,β-unsaturated/α-hetero) is 1. The number of carbonyl (C=O) groups is 1. The number of ether oxygens (including phenoxy) is 3. The summed E-state index contributed by atoms with van der Waals surface area (Å²) in [7, 11) is 1.71. The molecule has 1 saturated heterocycles. The highest BCUT2D eigenvalue weighted by Crippen LogP contribution is 2.54. The predicted octanol–water partition coefficient (Wildman–Crippen LogP) is 3.92. The molecular weight excluding hydrogens is 328 g/mol. The average molecular weight is 354 g/mol. The lowest BCUT2D eigenvalue weighted by atomic mass is 9.61. The van der Waals surface area contributed by atoms with E-state index in [0.29, 0.717) is 12.2 Å². The van der Waals surface area contributed by atoms with Gasteiger partial charge in [-0.1, -0.05) is 11.6 Å². The Morgan fingerprint density at radius 3 is 2.77 bits per heavy atom. The minimum atomic E-state index is -0.518. The monoisotopic (exact) mass is 354 g/mol. The van der Waals surface area contributed by atoms with Crippen LogP contribution in [0.1, 0.15) is 49.7 Å². The first-order valence-electron chi connectivity index (χ1n) is 9.92. The third-order valence-corrected chi connectivity index (χ3v) is 6.79. The predicted molar refractivity (Wildman–Crippen MR) is 97.9 cm³/mol. The highest BCUT2D eigenvalue weighted by atomic mass is 16.7. The van der Waals surface area contributed by atoms with Gasteiger partial charge in [-0.05, 0) is 60.9 Å². The van der Waals surface area contributed by atoms with Crippen LogP contribution >= 0.6 is 0 Å². The number of hydrogen-bond acceptors (Lipinski definition) is 4. The van der Waals surface area contributed by atoms with Crippen molar-refractivity contribution in [3.63, 3.8) is 0 Å². The average Bonchev–Trinajstić information content (AvgIpc) is 2.70. The Balaban J connectivity index is 1.56. The molecule has 1 aromatic rings. The summed E-state index contributed by atoms with van der Waals surface area (Å²) < 4.78 is 17.8. The van der Waals surface area contributed by atoms with Gasteiger partial charge in [0, 0.05) is 24.7 Å². The number of ketones is 1. The molecular formula is C22H26O4. The van der Waals surface area contributed by atoms with Crippen LogP contribution in [0.25, 0.3) is 5.57 Å². The maximum atomic E-state index is 13.0. The topological polar surface area (TPSA) is 44.8 Å². The molecule has 4 nitrogen and oxygen atoms in total. The maximum Gasteiger partial charge on any atom is 0.172 e. The van der Waals surface area contributed by atoms with Crippen molar-refractivity contribution in [3.8, 4) is 5.75 Å². The molecule has 1 aromatic carbocycles. The van der Waals surface area contributed by atoms with Gasteiger partial charge >= 0.3 is 0 Å². The van der Waals surface area contributed by atoms with E-state index < -0.39 is 5.79 Å². The lowest BCUT2D eigenvalue weighted by Crippen LogP contribution is -2.56. The highest BCUT2D eigenvalue weighted by molar-refractivity contribution is 5.90. The van der Waals surface area contributed by atoms with Gasteiger partial charge in [0.25, 0.3) is 0 Å². The van der Waals surface area contributed by atoms with E-state index in [9.17, 15) is 4.79 Å². The number of carbonyl (C=O) groups excluding carboxylic acids is 1. The molecule has 0 radical (unpaired) electrons. The number of fused-ring (bicyclic) bond motifs is 5. The summed E-state index contributed by atoms with van der Waals surface area (Å²) in [6.07, 6.45) is 6.19. The van der Waals surface area contributed by atoms with Crippen molar-refractivity contribution in [2.75, 3.05) is 20.3 Å². The van der Waals surface area contributed by atoms with Gasteiger partial charge in [-0.25, -0.2) is 0 Å². The fourth-order valence-electron chi connectivity index (χ4n) is 5.62. The second-order valence-electron chi connectivity index (χ2n) is 7.98. The molecule has 0 aromatic heterocycles. The molecule has 1 heterocycles. The summed E-state index contributed by atoms with van der Waals surface area (Å²) in [5.74, 6) is 0.958. The Bertz CT molecular complexity index is 772. The summed E-state index contributed by atoms with van der Waals surface area (Å²) >= 11 is 0. The summed E-state index contributed by atoms with van der Waals surface area (Å²) in [4.78, 5) is 13.0. The summed E-state index contributed by atoms with van der Waals surface area (Å²) in [6, 6.07) is 6.38. The molecule has 5 rings (SSSR count). The SMILES string of the molecule is COc1ccc2c(c1)CCC1=C2CCC2C1C(=O)CCC21OCCCO1. The van der Waals surface area contributed by atoms with Crippen LogP contribution < -0.4 is 4.74 Å². The lowest BCUT2D eigenvalue weighted by Gasteiger charge is -2.51. The van der Waals surface area contributed by atoms with Crippen LogP contribution in [0.3, 0.4) is 0 Å². The van der Waals surface area contributed by atoms with Crippen molar-refractivity contribution in [3.05, 3.63) is 34.9 Å². The molecule has 2 fully saturated rings. The second kappa shape index (κ2) is 6.21. The molecule has 1 saturated carbocycles. The lowest BCUT2D eigenvalue weighted by molar-refractivity contribution is -0.308. The van der Waals surface area contributed by atoms with Crippen LogP contribution in [0, 0.1) is 11.8 Å². The van der Waals surface area contributed by atoms with E-state index in [1.807, 2.05) is 6.07 Å². The molecule has 4 aliphatic rings. The van der Waals surface area contributed by atoms with Gasteiger partial charge in [0.15, 0.2) is 5.79 Å². The van der Waals surface area contributed by atoms with E-state index in [0.717, 1.165) is 57.5 Å². The summed E-state index contributed by atoms with van der Waals surface area (Å²) in [6.45, 7) is 1.51. The molecule has 1 spiro atoms. The molecule has 4 heteroatoms. The molecule has 0 bridgehead atoms. The van der Waals surface area contributed by atoms with Crippen LogP contribution in [0.2, 0.25) is 0 Å². The number of hydrogen-bond donors (Lipinski definition) is 0. The largest absolute Gasteiger partial charge is 0.497 e. The van der Waals surface area contributed by atoms with Gasteiger partial charge in [0.2, 0.25) is 0 Å². The maximum absolute atomic E-state index is 13.0. The third-order valence-electron chi connectivity index (χ3n) is 6.79. The van der Waals surface area contributed by atoms with Crippen molar-refractivity contribution >= 4 is 11.4 Å². The molecule has 2 atom stereocenters. The van der Waals surface area contributed by atoms with E-state index >= 15 is 0 Å². The number of allylic oxidation sites excluding steroid dienone is 2. The van der Waals surface area contributed by atoms with Gasteiger partial charge in [-0.15, -0.1) is 0 Å². The number of rotatable bonds is 1. The molecule has 26 heavy (non-hydrogen) atoms. The Morgan fingerprint density at radius 1 is 1.12 bits per heavy atom. The molecule has 3 aliphatic carbocycles. The van der Waals surface area contributed by atoms with Crippen molar-refractivity contribution in [2.45, 2.75) is 50.7 Å². The normalized spacial score (nSPS) is 29.8. The summed E-state index contributed by atoms with van der Waals surface area (Å²) in [5, 5.41) is 0. The highest BCUT2D eigenvalue weighted by Gasteiger charge is 2.54. The van der Waals surface area contributed by atoms with Crippen molar-refractivity contribution in [1.29, 1.82) is 0 Å². The molecule has 138 valence electrons. The second-order valence-corrected chi connectivity index (χ2v) is 7.98. The van der Waals surface area contributed by atoms with Gasteiger partial charge < -0.3 is 14.2 Å². The van der Waals surface area contributed by atoms with Gasteiger partial charge in [-0.3, -0.25) is 4.79 Å². The van der Waals surface area contributed by atoms with E-state index in [-0.39, 0.29) is 11.8 Å². The number of benzene rings is 1. The Hall–Kier alpha value is -1.65. The Labute approximate surface area is 154 Å².